The second kappa shape index (κ2) is 10.1. The summed E-state index contributed by atoms with van der Waals surface area (Å²) in [5, 5.41) is 33.3. The number of amides is 1. The maximum Gasteiger partial charge on any atom is 0.276 e. The third-order valence-corrected chi connectivity index (χ3v) is 6.32. The van der Waals surface area contributed by atoms with Gasteiger partial charge in [-0.05, 0) is 41.7 Å². The Hall–Kier alpha value is -4.71. The van der Waals surface area contributed by atoms with E-state index >= 15 is 0 Å². The maximum atomic E-state index is 12.4. The van der Waals surface area contributed by atoms with Crippen molar-refractivity contribution in [1.82, 2.24) is 4.90 Å². The van der Waals surface area contributed by atoms with Crippen LogP contribution in [0.3, 0.4) is 0 Å². The summed E-state index contributed by atoms with van der Waals surface area (Å²) < 4.78 is 5.50. The van der Waals surface area contributed by atoms with E-state index in [1.54, 1.807) is 12.3 Å². The predicted octanol–water partition coefficient (Wildman–Crippen LogP) is 3.69. The molecule has 0 saturated carbocycles. The molecule has 0 atom stereocenters. The van der Waals surface area contributed by atoms with Gasteiger partial charge in [0, 0.05) is 48.6 Å². The smallest absolute Gasteiger partial charge is 0.276 e. The SMILES string of the molecule is O=C1Nc2ccc([N+](=O)[O-])cc2/C1=N/N=C/C1=C(N2CCOCC2)C(=C\c2cccc([N+](=O)[O-])c2)/CC1. The number of hydrogen-bond donors (Lipinski definition) is 1. The summed E-state index contributed by atoms with van der Waals surface area (Å²) in [6, 6.07) is 10.6. The Morgan fingerprint density at radius 3 is 2.51 bits per heavy atom. The van der Waals surface area contributed by atoms with Gasteiger partial charge < -0.3 is 15.0 Å². The molecular formula is C25H22N6O6. The van der Waals surface area contributed by atoms with Crippen LogP contribution in [-0.4, -0.2) is 58.9 Å². The van der Waals surface area contributed by atoms with Crippen molar-refractivity contribution in [2.45, 2.75) is 12.8 Å². The van der Waals surface area contributed by atoms with Gasteiger partial charge >= 0.3 is 0 Å². The van der Waals surface area contributed by atoms with Crippen LogP contribution in [0.25, 0.3) is 6.08 Å². The molecule has 1 saturated heterocycles. The molecule has 3 aliphatic rings. The second-order valence-corrected chi connectivity index (χ2v) is 8.63. The molecule has 1 aliphatic carbocycles. The van der Waals surface area contributed by atoms with E-state index < -0.39 is 15.8 Å². The monoisotopic (exact) mass is 502 g/mol. The van der Waals surface area contributed by atoms with Gasteiger partial charge in [0.05, 0.1) is 35.0 Å². The summed E-state index contributed by atoms with van der Waals surface area (Å²) in [5.41, 5.74) is 4.32. The number of anilines is 1. The number of nitrogens with one attached hydrogen (secondary N) is 1. The number of benzene rings is 2. The number of non-ortho nitro benzene ring substituents is 2. The molecule has 2 aromatic rings. The number of fused-ring (bicyclic) bond motifs is 1. The van der Waals surface area contributed by atoms with Crippen molar-refractivity contribution in [2.24, 2.45) is 10.2 Å². The van der Waals surface area contributed by atoms with Crippen molar-refractivity contribution in [3.63, 3.8) is 0 Å². The van der Waals surface area contributed by atoms with Crippen LogP contribution in [0.15, 0.2) is 69.5 Å². The van der Waals surface area contributed by atoms with E-state index in [-0.39, 0.29) is 17.1 Å². The topological polar surface area (TPSA) is 153 Å². The molecule has 0 aromatic heterocycles. The standard InChI is InChI=1S/C25H22N6O6/c32-25-23(21-14-20(31(35)36)6-7-22(21)27-25)28-26-15-18-5-4-17(24(18)29-8-10-37-11-9-29)12-16-2-1-3-19(13-16)30(33)34/h1-3,6-7,12-15H,4-5,8-11H2,(H,27,28,32)/b17-12-,26-15+. The summed E-state index contributed by atoms with van der Waals surface area (Å²) in [5.74, 6) is -0.479. The van der Waals surface area contributed by atoms with E-state index in [1.165, 1.54) is 30.3 Å². The summed E-state index contributed by atoms with van der Waals surface area (Å²) >= 11 is 0. The molecule has 188 valence electrons. The van der Waals surface area contributed by atoms with Gasteiger partial charge in [0.1, 0.15) is 0 Å². The molecule has 2 aromatic carbocycles. The molecule has 37 heavy (non-hydrogen) atoms. The van der Waals surface area contributed by atoms with E-state index in [1.807, 2.05) is 12.1 Å². The van der Waals surface area contributed by atoms with Crippen LogP contribution < -0.4 is 5.32 Å². The van der Waals surface area contributed by atoms with Crippen molar-refractivity contribution in [3.8, 4) is 0 Å². The van der Waals surface area contributed by atoms with Gasteiger partial charge in [-0.15, -0.1) is 5.10 Å². The minimum atomic E-state index is -0.531. The lowest BCUT2D eigenvalue weighted by atomic mass is 10.1. The molecule has 1 amide bonds. The highest BCUT2D eigenvalue weighted by molar-refractivity contribution is 6.53. The number of allylic oxidation sites excluding steroid dienone is 2. The van der Waals surface area contributed by atoms with Crippen molar-refractivity contribution in [1.29, 1.82) is 0 Å². The molecule has 0 spiro atoms. The van der Waals surface area contributed by atoms with E-state index in [9.17, 15) is 25.0 Å². The van der Waals surface area contributed by atoms with Gasteiger partial charge in [0.2, 0.25) is 0 Å². The number of rotatable bonds is 6. The normalized spacial score (nSPS) is 19.7. The molecule has 12 nitrogen and oxygen atoms in total. The van der Waals surface area contributed by atoms with Gasteiger partial charge in [-0.25, -0.2) is 0 Å². The van der Waals surface area contributed by atoms with Crippen LogP contribution in [0.4, 0.5) is 17.1 Å². The van der Waals surface area contributed by atoms with Crippen molar-refractivity contribution >= 4 is 41.0 Å². The number of nitro benzene ring substituents is 2. The number of morpholine rings is 1. The Kier molecular flexibility index (Phi) is 6.56. The number of nitrogens with zero attached hydrogens (tertiary/aromatic N) is 5. The van der Waals surface area contributed by atoms with Gasteiger partial charge in [-0.1, -0.05) is 12.1 Å². The first-order valence-electron chi connectivity index (χ1n) is 11.6. The highest BCUT2D eigenvalue weighted by Crippen LogP contribution is 2.35. The lowest BCUT2D eigenvalue weighted by Gasteiger charge is -2.31. The molecule has 2 heterocycles. The van der Waals surface area contributed by atoms with Gasteiger partial charge in [-0.3, -0.25) is 25.0 Å². The van der Waals surface area contributed by atoms with Crippen molar-refractivity contribution in [3.05, 3.63) is 90.7 Å². The highest BCUT2D eigenvalue weighted by atomic mass is 16.6. The third-order valence-electron chi connectivity index (χ3n) is 6.32. The Balaban J connectivity index is 1.49. The molecule has 0 bridgehead atoms. The van der Waals surface area contributed by atoms with Gasteiger partial charge in [0.15, 0.2) is 5.71 Å². The minimum Gasteiger partial charge on any atom is -0.378 e. The van der Waals surface area contributed by atoms with Crippen LogP contribution in [0.1, 0.15) is 24.0 Å². The number of ether oxygens (including phenoxy) is 1. The first-order chi connectivity index (χ1) is 17.9. The molecule has 2 aliphatic heterocycles. The van der Waals surface area contributed by atoms with Crippen LogP contribution in [-0.2, 0) is 9.53 Å². The van der Waals surface area contributed by atoms with Gasteiger partial charge in [0.25, 0.3) is 17.3 Å². The predicted molar refractivity (Wildman–Crippen MR) is 136 cm³/mol. The second-order valence-electron chi connectivity index (χ2n) is 8.63. The van der Waals surface area contributed by atoms with E-state index in [4.69, 9.17) is 4.74 Å². The average molecular weight is 502 g/mol. The fourth-order valence-corrected chi connectivity index (χ4v) is 4.61. The molecule has 5 rings (SSSR count). The van der Waals surface area contributed by atoms with Crippen LogP contribution in [0.5, 0.6) is 0 Å². The fraction of sp³-hybridized carbons (Fsp3) is 0.240. The number of nitro groups is 2. The summed E-state index contributed by atoms with van der Waals surface area (Å²) in [7, 11) is 0. The van der Waals surface area contributed by atoms with E-state index in [0.29, 0.717) is 50.4 Å². The summed E-state index contributed by atoms with van der Waals surface area (Å²) in [6.07, 6.45) is 4.94. The summed E-state index contributed by atoms with van der Waals surface area (Å²) in [6.45, 7) is 2.53. The van der Waals surface area contributed by atoms with Crippen LogP contribution in [0, 0.1) is 20.2 Å². The summed E-state index contributed by atoms with van der Waals surface area (Å²) in [4.78, 5) is 36.0. The lowest BCUT2D eigenvalue weighted by molar-refractivity contribution is -0.385. The lowest BCUT2D eigenvalue weighted by Crippen LogP contribution is -2.36. The third kappa shape index (κ3) is 5.00. The fourth-order valence-electron chi connectivity index (χ4n) is 4.61. The van der Waals surface area contributed by atoms with E-state index in [2.05, 4.69) is 20.4 Å². The Morgan fingerprint density at radius 1 is 1.00 bits per heavy atom. The average Bonchev–Trinajstić information content (AvgIpc) is 3.44. The molecular weight excluding hydrogens is 480 g/mol. The quantitative estimate of drug-likeness (QED) is 0.359. The zero-order valence-corrected chi connectivity index (χ0v) is 19.6. The number of hydrogen-bond acceptors (Lipinski definition) is 9. The molecule has 1 N–H and O–H groups in total. The van der Waals surface area contributed by atoms with E-state index in [0.717, 1.165) is 22.4 Å². The Labute approximate surface area is 210 Å². The number of carbonyl (C=O) groups is 1. The first-order valence-corrected chi connectivity index (χ1v) is 11.6. The van der Waals surface area contributed by atoms with Crippen LogP contribution >= 0.6 is 0 Å². The maximum absolute atomic E-state index is 12.4. The zero-order valence-electron chi connectivity index (χ0n) is 19.6. The first kappa shape index (κ1) is 24.0. The van der Waals surface area contributed by atoms with Crippen molar-refractivity contribution in [2.75, 3.05) is 31.6 Å². The van der Waals surface area contributed by atoms with Crippen molar-refractivity contribution < 1.29 is 19.4 Å². The Morgan fingerprint density at radius 2 is 1.76 bits per heavy atom. The zero-order chi connectivity index (χ0) is 25.9. The number of carbonyl (C=O) groups excluding carboxylic acids is 1. The molecule has 12 heteroatoms. The molecule has 1 fully saturated rings. The Bertz CT molecular complexity index is 1420. The largest absolute Gasteiger partial charge is 0.378 e. The van der Waals surface area contributed by atoms with Crippen LogP contribution in [0.2, 0.25) is 0 Å². The minimum absolute atomic E-state index is 0.00818. The highest BCUT2D eigenvalue weighted by Gasteiger charge is 2.29. The van der Waals surface area contributed by atoms with Gasteiger partial charge in [-0.2, -0.15) is 5.10 Å². The molecule has 0 radical (unpaired) electrons. The molecule has 0 unspecified atom stereocenters.